The highest BCUT2D eigenvalue weighted by atomic mass is 32.1. The quantitative estimate of drug-likeness (QED) is 0.445. The molecule has 0 spiro atoms. The van der Waals surface area contributed by atoms with Crippen molar-refractivity contribution in [3.63, 3.8) is 0 Å². The number of carbonyl (C=O) groups excluding carboxylic acids is 2. The highest BCUT2D eigenvalue weighted by Crippen LogP contribution is 2.32. The Morgan fingerprint density at radius 2 is 1.89 bits per heavy atom. The molecular weight excluding hydrogens is 467 g/mol. The monoisotopic (exact) mass is 496 g/mol. The molecule has 1 fully saturated rings. The molecule has 2 heterocycles. The lowest BCUT2D eigenvalue weighted by Gasteiger charge is -2.28. The Kier molecular flexibility index (Phi) is 7.95. The molecule has 4 rings (SSSR count). The van der Waals surface area contributed by atoms with Crippen LogP contribution in [0.2, 0.25) is 0 Å². The smallest absolute Gasteiger partial charge is 0.255 e. The molecule has 6 nitrogen and oxygen atoms in total. The number of rotatable bonds is 8. The summed E-state index contributed by atoms with van der Waals surface area (Å²) in [6.07, 6.45) is -1.60. The van der Waals surface area contributed by atoms with E-state index >= 15 is 0 Å². The van der Waals surface area contributed by atoms with Crippen molar-refractivity contribution in [3.05, 3.63) is 92.9 Å². The minimum Gasteiger partial charge on any atom is -0.380 e. The Balaban J connectivity index is 1.32. The van der Waals surface area contributed by atoms with E-state index in [1.54, 1.807) is 12.1 Å². The second kappa shape index (κ2) is 11.1. The van der Waals surface area contributed by atoms with Gasteiger partial charge in [0.05, 0.1) is 12.6 Å². The highest BCUT2D eigenvalue weighted by molar-refractivity contribution is 7.10. The molecule has 1 aliphatic heterocycles. The van der Waals surface area contributed by atoms with Crippen molar-refractivity contribution in [1.29, 1.82) is 0 Å². The Morgan fingerprint density at radius 3 is 2.63 bits per heavy atom. The summed E-state index contributed by atoms with van der Waals surface area (Å²) in [6, 6.07) is 15.7. The van der Waals surface area contributed by atoms with Crippen LogP contribution in [0, 0.1) is 12.7 Å². The van der Waals surface area contributed by atoms with Crippen molar-refractivity contribution in [2.45, 2.75) is 51.0 Å². The molecule has 1 aliphatic rings. The van der Waals surface area contributed by atoms with Gasteiger partial charge in [0, 0.05) is 11.4 Å². The van der Waals surface area contributed by atoms with Crippen molar-refractivity contribution < 1.29 is 24.2 Å². The van der Waals surface area contributed by atoms with Crippen LogP contribution in [0.15, 0.2) is 60.0 Å². The zero-order chi connectivity index (χ0) is 24.9. The molecule has 2 aromatic carbocycles. The Labute approximate surface area is 208 Å². The van der Waals surface area contributed by atoms with Gasteiger partial charge in [-0.2, -0.15) is 0 Å². The lowest BCUT2D eigenvalue weighted by Crippen LogP contribution is -2.50. The van der Waals surface area contributed by atoms with E-state index in [1.165, 1.54) is 39.5 Å². The number of aliphatic hydroxyl groups is 2. The molecule has 0 saturated carbocycles. The summed E-state index contributed by atoms with van der Waals surface area (Å²) in [4.78, 5) is 27.7. The van der Waals surface area contributed by atoms with Gasteiger partial charge >= 0.3 is 0 Å². The lowest BCUT2D eigenvalue weighted by molar-refractivity contribution is -0.153. The first-order valence-corrected chi connectivity index (χ1v) is 12.5. The number of hydrogen-bond acceptors (Lipinski definition) is 5. The first kappa shape index (κ1) is 25.0. The highest BCUT2D eigenvalue weighted by Gasteiger charge is 2.38. The fourth-order valence-electron chi connectivity index (χ4n) is 4.43. The van der Waals surface area contributed by atoms with E-state index in [0.717, 1.165) is 22.4 Å². The molecular formula is C27H29FN2O4S. The van der Waals surface area contributed by atoms with Gasteiger partial charge in [-0.1, -0.05) is 36.4 Å². The third kappa shape index (κ3) is 5.96. The number of aryl methyl sites for hydroxylation is 1. The van der Waals surface area contributed by atoms with E-state index in [0.29, 0.717) is 19.4 Å². The average Bonchev–Trinajstić information content (AvgIpc) is 3.53. The Morgan fingerprint density at radius 1 is 1.14 bits per heavy atom. The summed E-state index contributed by atoms with van der Waals surface area (Å²) in [5.74, 6) is -1.89. The van der Waals surface area contributed by atoms with Crippen LogP contribution in [0.4, 0.5) is 4.39 Å². The Bertz CT molecular complexity index is 1180. The fourth-order valence-corrected chi connectivity index (χ4v) is 5.26. The molecule has 3 aromatic rings. The van der Waals surface area contributed by atoms with Gasteiger partial charge in [-0.3, -0.25) is 9.59 Å². The van der Waals surface area contributed by atoms with Gasteiger partial charge in [0.15, 0.2) is 12.2 Å². The lowest BCUT2D eigenvalue weighted by atomic mass is 10.0. The molecule has 35 heavy (non-hydrogen) atoms. The average molecular weight is 497 g/mol. The fraction of sp³-hybridized carbons (Fsp3) is 0.333. The molecule has 0 radical (unpaired) electrons. The number of aliphatic hydroxyl groups excluding tert-OH is 2. The second-order valence-corrected chi connectivity index (χ2v) is 9.87. The normalized spacial score (nSPS) is 17.3. The first-order valence-electron chi connectivity index (χ1n) is 11.6. The second-order valence-electron chi connectivity index (χ2n) is 8.87. The van der Waals surface area contributed by atoms with Crippen LogP contribution in [0.3, 0.4) is 0 Å². The number of likely N-dealkylation sites (tertiary alicyclic amines) is 1. The summed E-state index contributed by atoms with van der Waals surface area (Å²) in [6.45, 7) is 2.66. The minimum absolute atomic E-state index is 0.192. The summed E-state index contributed by atoms with van der Waals surface area (Å²) < 4.78 is 13.3. The summed E-state index contributed by atoms with van der Waals surface area (Å²) in [5.41, 5.74) is 4.33. The van der Waals surface area contributed by atoms with Crippen molar-refractivity contribution in [2.75, 3.05) is 6.54 Å². The number of benzene rings is 2. The number of amides is 2. The van der Waals surface area contributed by atoms with Gasteiger partial charge in [0.25, 0.3) is 11.8 Å². The number of halogens is 1. The van der Waals surface area contributed by atoms with Gasteiger partial charge in [-0.25, -0.2) is 4.39 Å². The maximum Gasteiger partial charge on any atom is 0.255 e. The SMILES string of the molecule is Cc1ccccc1Cc1csc(CNC(=O)[C@H](O)[C@@H](O)C(=O)N2CCCC2c2ccc(F)cc2)c1. The summed E-state index contributed by atoms with van der Waals surface area (Å²) in [5, 5.41) is 25.5. The number of carbonyl (C=O) groups is 2. The third-order valence-electron chi connectivity index (χ3n) is 6.41. The van der Waals surface area contributed by atoms with E-state index in [1.807, 2.05) is 23.6 Å². The molecule has 2 amide bonds. The van der Waals surface area contributed by atoms with E-state index in [-0.39, 0.29) is 18.4 Å². The van der Waals surface area contributed by atoms with Crippen LogP contribution in [-0.4, -0.2) is 45.7 Å². The van der Waals surface area contributed by atoms with Crippen LogP contribution < -0.4 is 5.32 Å². The minimum atomic E-state index is -1.89. The van der Waals surface area contributed by atoms with Crippen molar-refractivity contribution >= 4 is 23.2 Å². The van der Waals surface area contributed by atoms with Gasteiger partial charge in [-0.05, 0) is 72.0 Å². The van der Waals surface area contributed by atoms with Crippen LogP contribution in [0.5, 0.6) is 0 Å². The summed E-state index contributed by atoms with van der Waals surface area (Å²) >= 11 is 1.50. The molecule has 184 valence electrons. The number of nitrogens with zero attached hydrogens (tertiary/aromatic N) is 1. The van der Waals surface area contributed by atoms with E-state index in [4.69, 9.17) is 0 Å². The van der Waals surface area contributed by atoms with Crippen LogP contribution in [-0.2, 0) is 22.6 Å². The Hall–Kier alpha value is -3.07. The van der Waals surface area contributed by atoms with Gasteiger partial charge in [0.1, 0.15) is 5.82 Å². The maximum absolute atomic E-state index is 13.3. The van der Waals surface area contributed by atoms with E-state index in [2.05, 4.69) is 24.4 Å². The molecule has 1 unspecified atom stereocenters. The largest absolute Gasteiger partial charge is 0.380 e. The van der Waals surface area contributed by atoms with Crippen molar-refractivity contribution in [3.8, 4) is 0 Å². The zero-order valence-corrected chi connectivity index (χ0v) is 20.3. The van der Waals surface area contributed by atoms with E-state index < -0.39 is 24.0 Å². The molecule has 0 bridgehead atoms. The third-order valence-corrected chi connectivity index (χ3v) is 7.40. The number of thiophene rings is 1. The number of nitrogens with one attached hydrogen (secondary N) is 1. The van der Waals surface area contributed by atoms with Crippen LogP contribution in [0.25, 0.3) is 0 Å². The molecule has 1 saturated heterocycles. The van der Waals surface area contributed by atoms with Gasteiger partial charge in [-0.15, -0.1) is 11.3 Å². The van der Waals surface area contributed by atoms with Gasteiger partial charge < -0.3 is 20.4 Å². The molecule has 1 aromatic heterocycles. The predicted octanol–water partition coefficient (Wildman–Crippen LogP) is 3.49. The molecule has 3 N–H and O–H groups in total. The van der Waals surface area contributed by atoms with Crippen molar-refractivity contribution in [2.24, 2.45) is 0 Å². The maximum atomic E-state index is 13.3. The van der Waals surface area contributed by atoms with Crippen molar-refractivity contribution in [1.82, 2.24) is 10.2 Å². The predicted molar refractivity (Wildman–Crippen MR) is 132 cm³/mol. The molecule has 0 aliphatic carbocycles. The van der Waals surface area contributed by atoms with Crippen LogP contribution >= 0.6 is 11.3 Å². The van der Waals surface area contributed by atoms with Gasteiger partial charge in [0.2, 0.25) is 0 Å². The number of hydrogen-bond donors (Lipinski definition) is 3. The van der Waals surface area contributed by atoms with Crippen LogP contribution in [0.1, 0.15) is 46.0 Å². The van der Waals surface area contributed by atoms with E-state index in [9.17, 15) is 24.2 Å². The summed E-state index contributed by atoms with van der Waals surface area (Å²) in [7, 11) is 0. The standard InChI is InChI=1S/C27H29FN2O4S/c1-17-5-2-3-6-20(17)13-18-14-22(35-16-18)15-29-26(33)24(31)25(32)27(34)30-12-4-7-23(30)19-8-10-21(28)11-9-19/h2-3,5-6,8-11,14,16,23-25,31-32H,4,7,12-13,15H2,1H3,(H,29,33)/t23?,24-,25-/m1/s1. The topological polar surface area (TPSA) is 89.9 Å². The molecule has 3 atom stereocenters. The first-order chi connectivity index (χ1) is 16.8. The zero-order valence-electron chi connectivity index (χ0n) is 19.5. The molecule has 8 heteroatoms.